The summed E-state index contributed by atoms with van der Waals surface area (Å²) in [6.45, 7) is 2.88. The van der Waals surface area contributed by atoms with E-state index in [1.54, 1.807) is 0 Å². The van der Waals surface area contributed by atoms with Crippen LogP contribution in [0, 0.1) is 5.92 Å². The molecule has 1 aliphatic rings. The van der Waals surface area contributed by atoms with Crippen LogP contribution in [0.15, 0.2) is 42.5 Å². The van der Waals surface area contributed by atoms with Gasteiger partial charge in [-0.05, 0) is 41.8 Å². The van der Waals surface area contributed by atoms with Gasteiger partial charge in [0.25, 0.3) is 0 Å². The lowest BCUT2D eigenvalue weighted by Gasteiger charge is -2.11. The Morgan fingerprint density at radius 3 is 2.90 bits per heavy atom. The zero-order valence-electron chi connectivity index (χ0n) is 11.6. The number of benzene rings is 2. The number of amides is 1. The molecule has 20 heavy (non-hydrogen) atoms. The molecule has 3 heteroatoms. The lowest BCUT2D eigenvalue weighted by atomic mass is 10.0. The lowest BCUT2D eigenvalue weighted by Crippen LogP contribution is -2.31. The first-order valence-electron chi connectivity index (χ1n) is 7.27. The molecule has 0 saturated carbocycles. The maximum atomic E-state index is 12.1. The summed E-state index contributed by atoms with van der Waals surface area (Å²) in [5.41, 5.74) is 1.10. The molecule has 1 amide bonds. The van der Waals surface area contributed by atoms with Gasteiger partial charge in [0.15, 0.2) is 0 Å². The third kappa shape index (κ3) is 2.99. The Kier molecular flexibility index (Phi) is 3.97. The molecule has 1 unspecified atom stereocenters. The van der Waals surface area contributed by atoms with Gasteiger partial charge in [-0.3, -0.25) is 4.79 Å². The average Bonchev–Trinajstić information content (AvgIpc) is 2.99. The fourth-order valence-corrected chi connectivity index (χ4v) is 2.83. The Hall–Kier alpha value is -1.87. The number of carbonyl (C=O) groups is 1. The molecule has 2 aromatic rings. The first-order valence-corrected chi connectivity index (χ1v) is 7.27. The third-order valence-corrected chi connectivity index (χ3v) is 3.98. The van der Waals surface area contributed by atoms with Crippen molar-refractivity contribution in [3.05, 3.63) is 48.0 Å². The highest BCUT2D eigenvalue weighted by Crippen LogP contribution is 2.18. The first-order chi connectivity index (χ1) is 9.83. The van der Waals surface area contributed by atoms with Gasteiger partial charge in [-0.15, -0.1) is 0 Å². The van der Waals surface area contributed by atoms with Gasteiger partial charge in [0.1, 0.15) is 0 Å². The zero-order valence-corrected chi connectivity index (χ0v) is 11.6. The molecule has 2 N–H and O–H groups in total. The van der Waals surface area contributed by atoms with Crippen molar-refractivity contribution in [3.63, 3.8) is 0 Å². The molecule has 0 aliphatic carbocycles. The molecule has 0 radical (unpaired) electrons. The smallest absolute Gasteiger partial charge is 0.224 e. The Bertz CT molecular complexity index is 597. The van der Waals surface area contributed by atoms with E-state index < -0.39 is 0 Å². The molecular weight excluding hydrogens is 248 g/mol. The van der Waals surface area contributed by atoms with Gasteiger partial charge in [0.2, 0.25) is 5.91 Å². The van der Waals surface area contributed by atoms with E-state index in [1.165, 1.54) is 10.8 Å². The summed E-state index contributed by atoms with van der Waals surface area (Å²) < 4.78 is 0. The van der Waals surface area contributed by atoms with E-state index in [0.717, 1.165) is 31.6 Å². The zero-order chi connectivity index (χ0) is 13.8. The Morgan fingerprint density at radius 1 is 1.20 bits per heavy atom. The number of nitrogens with one attached hydrogen (secondary N) is 2. The van der Waals surface area contributed by atoms with Crippen LogP contribution in [0.5, 0.6) is 0 Å². The lowest BCUT2D eigenvalue weighted by molar-refractivity contribution is -0.120. The van der Waals surface area contributed by atoms with E-state index >= 15 is 0 Å². The standard InChI is InChI=1S/C17H20N2O/c20-17(19-12-13-8-9-18-11-13)10-15-6-3-5-14-4-1-2-7-16(14)15/h1-7,13,18H,8-12H2,(H,19,20). The second-order valence-corrected chi connectivity index (χ2v) is 5.48. The molecule has 0 spiro atoms. The summed E-state index contributed by atoms with van der Waals surface area (Å²) >= 11 is 0. The molecule has 1 atom stereocenters. The normalized spacial score (nSPS) is 18.3. The van der Waals surface area contributed by atoms with Crippen LogP contribution in [0.25, 0.3) is 10.8 Å². The van der Waals surface area contributed by atoms with Gasteiger partial charge >= 0.3 is 0 Å². The number of carbonyl (C=O) groups excluding carboxylic acids is 1. The summed E-state index contributed by atoms with van der Waals surface area (Å²) in [7, 11) is 0. The van der Waals surface area contributed by atoms with Crippen LogP contribution in [0.1, 0.15) is 12.0 Å². The maximum Gasteiger partial charge on any atom is 0.224 e. The third-order valence-electron chi connectivity index (χ3n) is 3.98. The van der Waals surface area contributed by atoms with Crippen LogP contribution in [0.4, 0.5) is 0 Å². The van der Waals surface area contributed by atoms with Crippen LogP contribution in [0.2, 0.25) is 0 Å². The van der Waals surface area contributed by atoms with Crippen molar-refractivity contribution >= 4 is 16.7 Å². The predicted octanol–water partition coefficient (Wildman–Crippen LogP) is 2.11. The van der Waals surface area contributed by atoms with Crippen molar-refractivity contribution in [1.29, 1.82) is 0 Å². The highest BCUT2D eigenvalue weighted by molar-refractivity contribution is 5.90. The largest absolute Gasteiger partial charge is 0.355 e. The van der Waals surface area contributed by atoms with E-state index in [2.05, 4.69) is 28.8 Å². The van der Waals surface area contributed by atoms with Crippen molar-refractivity contribution in [1.82, 2.24) is 10.6 Å². The van der Waals surface area contributed by atoms with Gasteiger partial charge in [-0.1, -0.05) is 42.5 Å². The predicted molar refractivity (Wildman–Crippen MR) is 81.6 cm³/mol. The van der Waals surface area contributed by atoms with E-state index in [0.29, 0.717) is 12.3 Å². The molecular formula is C17H20N2O. The fraction of sp³-hybridized carbons (Fsp3) is 0.353. The summed E-state index contributed by atoms with van der Waals surface area (Å²) in [4.78, 5) is 12.1. The van der Waals surface area contributed by atoms with Gasteiger partial charge in [0.05, 0.1) is 6.42 Å². The summed E-state index contributed by atoms with van der Waals surface area (Å²) in [5, 5.41) is 8.74. The first kappa shape index (κ1) is 13.1. The highest BCUT2D eigenvalue weighted by atomic mass is 16.1. The van der Waals surface area contributed by atoms with Crippen LogP contribution >= 0.6 is 0 Å². The Balaban J connectivity index is 1.65. The van der Waals surface area contributed by atoms with Gasteiger partial charge < -0.3 is 10.6 Å². The second-order valence-electron chi connectivity index (χ2n) is 5.48. The summed E-state index contributed by atoms with van der Waals surface area (Å²) in [6.07, 6.45) is 1.62. The molecule has 1 saturated heterocycles. The summed E-state index contributed by atoms with van der Waals surface area (Å²) in [6, 6.07) is 14.4. The van der Waals surface area contributed by atoms with Crippen molar-refractivity contribution < 1.29 is 4.79 Å². The van der Waals surface area contributed by atoms with Crippen LogP contribution in [0.3, 0.4) is 0 Å². The van der Waals surface area contributed by atoms with Crippen LogP contribution in [-0.2, 0) is 11.2 Å². The minimum atomic E-state index is 0.119. The Labute approximate surface area is 119 Å². The monoisotopic (exact) mass is 268 g/mol. The van der Waals surface area contributed by atoms with E-state index in [-0.39, 0.29) is 5.91 Å². The number of hydrogen-bond acceptors (Lipinski definition) is 2. The highest BCUT2D eigenvalue weighted by Gasteiger charge is 2.15. The minimum absolute atomic E-state index is 0.119. The molecule has 1 aliphatic heterocycles. The average molecular weight is 268 g/mol. The molecule has 0 bridgehead atoms. The number of rotatable bonds is 4. The maximum absolute atomic E-state index is 12.1. The van der Waals surface area contributed by atoms with Crippen LogP contribution < -0.4 is 10.6 Å². The number of hydrogen-bond donors (Lipinski definition) is 2. The molecule has 2 aromatic carbocycles. The van der Waals surface area contributed by atoms with E-state index in [4.69, 9.17) is 0 Å². The van der Waals surface area contributed by atoms with E-state index in [1.807, 2.05) is 24.3 Å². The molecule has 3 rings (SSSR count). The van der Waals surface area contributed by atoms with Gasteiger partial charge in [0, 0.05) is 6.54 Å². The number of fused-ring (bicyclic) bond motifs is 1. The van der Waals surface area contributed by atoms with Crippen molar-refractivity contribution in [2.75, 3.05) is 19.6 Å². The van der Waals surface area contributed by atoms with Gasteiger partial charge in [-0.2, -0.15) is 0 Å². The molecule has 1 fully saturated rings. The minimum Gasteiger partial charge on any atom is -0.355 e. The molecule has 104 valence electrons. The van der Waals surface area contributed by atoms with Crippen molar-refractivity contribution in [2.45, 2.75) is 12.8 Å². The van der Waals surface area contributed by atoms with E-state index in [9.17, 15) is 4.79 Å². The quantitative estimate of drug-likeness (QED) is 0.891. The molecule has 3 nitrogen and oxygen atoms in total. The van der Waals surface area contributed by atoms with Gasteiger partial charge in [-0.25, -0.2) is 0 Å². The SMILES string of the molecule is O=C(Cc1cccc2ccccc12)NCC1CCNC1. The topological polar surface area (TPSA) is 41.1 Å². The second kappa shape index (κ2) is 6.06. The summed E-state index contributed by atoms with van der Waals surface area (Å²) in [5.74, 6) is 0.708. The van der Waals surface area contributed by atoms with Crippen LogP contribution in [-0.4, -0.2) is 25.5 Å². The van der Waals surface area contributed by atoms with Crippen molar-refractivity contribution in [3.8, 4) is 0 Å². The molecule has 1 heterocycles. The molecule has 0 aromatic heterocycles. The Morgan fingerprint density at radius 2 is 2.05 bits per heavy atom. The fourth-order valence-electron chi connectivity index (χ4n) is 2.83. The van der Waals surface area contributed by atoms with Crippen molar-refractivity contribution in [2.24, 2.45) is 5.92 Å².